The van der Waals surface area contributed by atoms with Crippen LogP contribution in [0.25, 0.3) is 0 Å². The summed E-state index contributed by atoms with van der Waals surface area (Å²) in [6, 6.07) is 3.86. The first kappa shape index (κ1) is 17.4. The predicted octanol–water partition coefficient (Wildman–Crippen LogP) is 2.33. The zero-order chi connectivity index (χ0) is 6.95. The van der Waals surface area contributed by atoms with Crippen molar-refractivity contribution in [2.75, 3.05) is 0 Å². The molecule has 0 nitrogen and oxygen atoms in total. The fourth-order valence-corrected chi connectivity index (χ4v) is 0.589. The van der Waals surface area contributed by atoms with E-state index in [1.54, 1.807) is 11.3 Å². The van der Waals surface area contributed by atoms with Gasteiger partial charge >= 0.3 is 17.1 Å². The van der Waals surface area contributed by atoms with E-state index < -0.39 is 0 Å². The van der Waals surface area contributed by atoms with E-state index in [4.69, 9.17) is 0 Å². The summed E-state index contributed by atoms with van der Waals surface area (Å²) in [6.45, 7) is 6.54. The van der Waals surface area contributed by atoms with Crippen molar-refractivity contribution in [2.24, 2.45) is 0 Å². The average Bonchev–Trinajstić information content (AvgIpc) is 2.43. The van der Waals surface area contributed by atoms with Crippen LogP contribution in [-0.2, 0) is 17.1 Å². The predicted molar refractivity (Wildman–Crippen MR) is 48.0 cm³/mol. The molecule has 0 spiro atoms. The van der Waals surface area contributed by atoms with Crippen LogP contribution in [0.2, 0.25) is 0 Å². The molecule has 1 heterocycles. The first-order chi connectivity index (χ1) is 4.41. The molecule has 1 rings (SSSR count). The van der Waals surface area contributed by atoms with E-state index in [-0.39, 0.29) is 35.9 Å². The molecular weight excluding hydrogens is 199 g/mol. The summed E-state index contributed by atoms with van der Waals surface area (Å²) < 4.78 is 0. The standard InChI is InChI=1S/C4H3S.C4H5.Cu.Li/c1-2-4-5-3-1;1-3-4-2;;/h1-3H;3H,1-2H2;;/q2*-1;+2;. The van der Waals surface area contributed by atoms with Gasteiger partial charge in [-0.15, -0.1) is 5.38 Å². The van der Waals surface area contributed by atoms with Crippen molar-refractivity contribution < 1.29 is 17.1 Å². The summed E-state index contributed by atoms with van der Waals surface area (Å²) >= 11 is 1.59. The van der Waals surface area contributed by atoms with E-state index in [9.17, 15) is 0 Å². The largest absolute Gasteiger partial charge is 2.00 e. The molecule has 58 valence electrons. The molecule has 0 N–H and O–H groups in total. The SMILES string of the molecule is C=[C-]C=C.[Cu+2].[Li].[c-]1cccs1. The quantitative estimate of drug-likeness (QED) is 0.376. The number of hydrogen-bond acceptors (Lipinski definition) is 1. The van der Waals surface area contributed by atoms with Crippen LogP contribution in [0.1, 0.15) is 0 Å². The summed E-state index contributed by atoms with van der Waals surface area (Å²) in [5.41, 5.74) is 0. The molecule has 0 aromatic carbocycles. The van der Waals surface area contributed by atoms with Crippen molar-refractivity contribution in [3.05, 3.63) is 48.2 Å². The minimum atomic E-state index is 0. The molecule has 1 aromatic rings. The van der Waals surface area contributed by atoms with Crippen molar-refractivity contribution in [2.45, 2.75) is 0 Å². The summed E-state index contributed by atoms with van der Waals surface area (Å²) in [4.78, 5) is 0. The molecule has 11 heavy (non-hydrogen) atoms. The number of allylic oxidation sites excluding steroid dienone is 2. The van der Waals surface area contributed by atoms with Crippen molar-refractivity contribution in [3.8, 4) is 0 Å². The van der Waals surface area contributed by atoms with E-state index in [2.05, 4.69) is 24.6 Å². The van der Waals surface area contributed by atoms with Crippen LogP contribution in [0.4, 0.5) is 0 Å². The summed E-state index contributed by atoms with van der Waals surface area (Å²) in [5.74, 6) is 0. The van der Waals surface area contributed by atoms with E-state index in [0.29, 0.717) is 0 Å². The maximum atomic E-state index is 3.31. The molecule has 3 heteroatoms. The number of rotatable bonds is 1. The van der Waals surface area contributed by atoms with Crippen LogP contribution >= 0.6 is 11.3 Å². The number of hydrogen-bond donors (Lipinski definition) is 0. The van der Waals surface area contributed by atoms with Gasteiger partial charge in [0.2, 0.25) is 0 Å². The molecule has 0 fully saturated rings. The maximum absolute atomic E-state index is 3.31. The van der Waals surface area contributed by atoms with Gasteiger partial charge in [-0.2, -0.15) is 18.0 Å². The molecule has 0 atom stereocenters. The molecule has 0 unspecified atom stereocenters. The Morgan fingerprint density at radius 2 is 2.09 bits per heavy atom. The third-order valence-electron chi connectivity index (χ3n) is 0.523. The van der Waals surface area contributed by atoms with Crippen molar-refractivity contribution in [1.29, 1.82) is 0 Å². The summed E-state index contributed by atoms with van der Waals surface area (Å²) in [6.07, 6.45) is 3.96. The second-order valence-corrected chi connectivity index (χ2v) is 1.88. The molecule has 1 aromatic heterocycles. The fraction of sp³-hybridized carbons (Fsp3) is 0. The second-order valence-electron chi connectivity index (χ2n) is 1.14. The first-order valence-electron chi connectivity index (χ1n) is 2.45. The fourth-order valence-electron chi connectivity index (χ4n) is 0.196. The van der Waals surface area contributed by atoms with Gasteiger partial charge in [-0.3, -0.25) is 6.08 Å². The molecule has 0 aliphatic rings. The average molecular weight is 207 g/mol. The van der Waals surface area contributed by atoms with Gasteiger partial charge in [-0.25, -0.2) is 18.7 Å². The Morgan fingerprint density at radius 1 is 1.55 bits per heavy atom. The third-order valence-corrected chi connectivity index (χ3v) is 1.09. The number of thiophene rings is 1. The Labute approximate surface area is 95.1 Å². The van der Waals surface area contributed by atoms with Gasteiger partial charge < -0.3 is 11.3 Å². The Hall–Kier alpha value is 0.297. The van der Waals surface area contributed by atoms with Gasteiger partial charge in [0.05, 0.1) is 0 Å². The zero-order valence-corrected chi connectivity index (χ0v) is 8.19. The molecule has 0 aliphatic carbocycles. The zero-order valence-electron chi connectivity index (χ0n) is 6.43. The molecule has 0 amide bonds. The van der Waals surface area contributed by atoms with Gasteiger partial charge in [0.25, 0.3) is 0 Å². The van der Waals surface area contributed by atoms with Crippen molar-refractivity contribution in [1.82, 2.24) is 0 Å². The Balaban J connectivity index is -0.000000101. The molecule has 0 aliphatic heterocycles. The normalized spacial score (nSPS) is 5.45. The van der Waals surface area contributed by atoms with Crippen LogP contribution in [0.3, 0.4) is 0 Å². The Morgan fingerprint density at radius 3 is 2.18 bits per heavy atom. The van der Waals surface area contributed by atoms with Crippen LogP contribution in [0.5, 0.6) is 0 Å². The van der Waals surface area contributed by atoms with E-state index in [1.165, 1.54) is 6.08 Å². The van der Waals surface area contributed by atoms with Crippen molar-refractivity contribution >= 4 is 30.2 Å². The second kappa shape index (κ2) is 16.7. The monoisotopic (exact) mass is 206 g/mol. The Kier molecular flexibility index (Phi) is 26.4. The summed E-state index contributed by atoms with van der Waals surface area (Å²) in [7, 11) is 0. The van der Waals surface area contributed by atoms with Crippen LogP contribution < -0.4 is 0 Å². The minimum Gasteiger partial charge on any atom is -0.304 e. The topological polar surface area (TPSA) is 0 Å². The molecule has 0 saturated heterocycles. The minimum absolute atomic E-state index is 0. The van der Waals surface area contributed by atoms with Gasteiger partial charge in [0.15, 0.2) is 0 Å². The van der Waals surface area contributed by atoms with Crippen molar-refractivity contribution in [3.63, 3.8) is 0 Å². The van der Waals surface area contributed by atoms with E-state index in [0.717, 1.165) is 0 Å². The van der Waals surface area contributed by atoms with Crippen LogP contribution in [0.15, 0.2) is 36.7 Å². The first-order valence-corrected chi connectivity index (χ1v) is 3.33. The van der Waals surface area contributed by atoms with Gasteiger partial charge in [-0.1, -0.05) is 0 Å². The molecular formula is C8H8CuLiS. The van der Waals surface area contributed by atoms with E-state index >= 15 is 0 Å². The Bertz CT molecular complexity index is 126. The van der Waals surface area contributed by atoms with E-state index in [1.807, 2.05) is 17.5 Å². The third kappa shape index (κ3) is 17.9. The van der Waals surface area contributed by atoms with Gasteiger partial charge in [0, 0.05) is 18.9 Å². The van der Waals surface area contributed by atoms with Crippen LogP contribution in [0, 0.1) is 11.5 Å². The smallest absolute Gasteiger partial charge is 0.304 e. The molecule has 2 radical (unpaired) electrons. The van der Waals surface area contributed by atoms with Gasteiger partial charge in [0.1, 0.15) is 0 Å². The summed E-state index contributed by atoms with van der Waals surface area (Å²) in [5, 5.41) is 4.89. The molecule has 0 saturated carbocycles. The van der Waals surface area contributed by atoms with Crippen LogP contribution in [-0.4, -0.2) is 18.9 Å². The van der Waals surface area contributed by atoms with Gasteiger partial charge in [-0.05, 0) is 0 Å². The molecule has 0 bridgehead atoms. The maximum Gasteiger partial charge on any atom is 2.00 e.